The number of fused-ring (bicyclic) bond motifs is 1. The molecule has 8 heteroatoms. The Morgan fingerprint density at radius 2 is 1.74 bits per heavy atom. The fraction of sp³-hybridized carbons (Fsp3) is 0.174. The number of rotatable bonds is 7. The lowest BCUT2D eigenvalue weighted by Crippen LogP contribution is -2.04. The van der Waals surface area contributed by atoms with Crippen molar-refractivity contribution in [3.05, 3.63) is 65.4 Å². The van der Waals surface area contributed by atoms with Gasteiger partial charge in [-0.1, -0.05) is 11.6 Å². The van der Waals surface area contributed by atoms with Gasteiger partial charge in [-0.15, -0.1) is 5.10 Å². The van der Waals surface area contributed by atoms with Gasteiger partial charge < -0.3 is 19.5 Å². The van der Waals surface area contributed by atoms with Crippen molar-refractivity contribution in [2.75, 3.05) is 26.6 Å². The highest BCUT2D eigenvalue weighted by Crippen LogP contribution is 2.34. The maximum absolute atomic E-state index is 6.18. The molecule has 7 nitrogen and oxygen atoms in total. The summed E-state index contributed by atoms with van der Waals surface area (Å²) in [4.78, 5) is 4.63. The zero-order chi connectivity index (χ0) is 21.8. The second-order valence-electron chi connectivity index (χ2n) is 6.73. The van der Waals surface area contributed by atoms with Crippen LogP contribution in [-0.4, -0.2) is 36.5 Å². The van der Waals surface area contributed by atoms with Gasteiger partial charge in [-0.2, -0.15) is 5.10 Å². The molecule has 0 spiro atoms. The van der Waals surface area contributed by atoms with Crippen LogP contribution in [0.4, 0.5) is 5.69 Å². The van der Waals surface area contributed by atoms with Crippen molar-refractivity contribution in [1.82, 2.24) is 15.2 Å². The van der Waals surface area contributed by atoms with Gasteiger partial charge in [0.2, 0.25) is 0 Å². The molecule has 0 fully saturated rings. The summed E-state index contributed by atoms with van der Waals surface area (Å²) in [7, 11) is 4.88. The quantitative estimate of drug-likeness (QED) is 0.437. The number of aromatic nitrogens is 3. The first-order valence-electron chi connectivity index (χ1n) is 9.53. The Balaban J connectivity index is 1.65. The summed E-state index contributed by atoms with van der Waals surface area (Å²) in [6, 6.07) is 13.1. The summed E-state index contributed by atoms with van der Waals surface area (Å²) in [5.74, 6) is 2.18. The van der Waals surface area contributed by atoms with Crippen molar-refractivity contribution in [2.45, 2.75) is 6.54 Å². The van der Waals surface area contributed by atoms with Crippen molar-refractivity contribution < 1.29 is 14.2 Å². The van der Waals surface area contributed by atoms with Crippen LogP contribution in [0.25, 0.3) is 22.2 Å². The molecule has 2 aromatic carbocycles. The number of anilines is 1. The van der Waals surface area contributed by atoms with E-state index in [0.717, 1.165) is 33.9 Å². The number of hydrogen-bond donors (Lipinski definition) is 1. The van der Waals surface area contributed by atoms with Crippen molar-refractivity contribution in [3.8, 4) is 28.4 Å². The van der Waals surface area contributed by atoms with Gasteiger partial charge in [0.1, 0.15) is 28.3 Å². The van der Waals surface area contributed by atoms with E-state index < -0.39 is 0 Å². The molecule has 2 heterocycles. The third kappa shape index (κ3) is 4.32. The molecule has 31 heavy (non-hydrogen) atoms. The Morgan fingerprint density at radius 3 is 2.52 bits per heavy atom. The minimum Gasteiger partial charge on any atom is -0.497 e. The molecule has 0 unspecified atom stereocenters. The fourth-order valence-electron chi connectivity index (χ4n) is 3.32. The molecule has 0 amide bonds. The molecule has 0 atom stereocenters. The predicted molar refractivity (Wildman–Crippen MR) is 121 cm³/mol. The van der Waals surface area contributed by atoms with Gasteiger partial charge in [0.05, 0.1) is 33.2 Å². The molecule has 0 saturated carbocycles. The van der Waals surface area contributed by atoms with E-state index in [0.29, 0.717) is 28.4 Å². The van der Waals surface area contributed by atoms with Gasteiger partial charge in [-0.3, -0.25) is 4.98 Å². The van der Waals surface area contributed by atoms with Crippen LogP contribution in [-0.2, 0) is 6.54 Å². The van der Waals surface area contributed by atoms with E-state index in [9.17, 15) is 0 Å². The number of methoxy groups -OCH3 is 3. The third-order valence-electron chi connectivity index (χ3n) is 4.91. The van der Waals surface area contributed by atoms with Gasteiger partial charge in [0.15, 0.2) is 0 Å². The minimum absolute atomic E-state index is 0.527. The molecule has 0 saturated heterocycles. The Bertz CT molecular complexity index is 1230. The van der Waals surface area contributed by atoms with Crippen molar-refractivity contribution in [1.29, 1.82) is 0 Å². The second-order valence-corrected chi connectivity index (χ2v) is 7.16. The average Bonchev–Trinajstić information content (AvgIpc) is 2.82. The molecule has 158 valence electrons. The first-order valence-corrected chi connectivity index (χ1v) is 9.91. The summed E-state index contributed by atoms with van der Waals surface area (Å²) >= 11 is 6.18. The number of hydrogen-bond acceptors (Lipinski definition) is 7. The maximum atomic E-state index is 6.18. The molecule has 1 N–H and O–H groups in total. The van der Waals surface area contributed by atoms with Crippen LogP contribution in [0.3, 0.4) is 0 Å². The van der Waals surface area contributed by atoms with E-state index in [2.05, 4.69) is 20.5 Å². The summed E-state index contributed by atoms with van der Waals surface area (Å²) < 4.78 is 16.2. The van der Waals surface area contributed by atoms with Crippen LogP contribution in [0.2, 0.25) is 5.02 Å². The number of nitrogens with zero attached hydrogens (tertiary/aromatic N) is 3. The average molecular weight is 437 g/mol. The van der Waals surface area contributed by atoms with Gasteiger partial charge in [-0.05, 0) is 36.4 Å². The molecule has 4 rings (SSSR count). The van der Waals surface area contributed by atoms with Crippen LogP contribution in [0.1, 0.15) is 5.56 Å². The molecule has 0 bridgehead atoms. The maximum Gasteiger partial charge on any atom is 0.127 e. The highest BCUT2D eigenvalue weighted by molar-refractivity contribution is 6.31. The van der Waals surface area contributed by atoms with E-state index in [4.69, 9.17) is 25.8 Å². The predicted octanol–water partition coefficient (Wildman–Crippen LogP) is 4.98. The number of benzene rings is 2. The number of ether oxygens (including phenoxy) is 3. The normalized spacial score (nSPS) is 10.7. The van der Waals surface area contributed by atoms with Crippen LogP contribution in [0.15, 0.2) is 54.9 Å². The molecule has 0 aliphatic rings. The fourth-order valence-corrected chi connectivity index (χ4v) is 3.49. The standard InChI is InChI=1S/C23H21ClN4O3/c1-29-17-6-4-14(22(10-17)31-3)11-25-20-13-27-28-19-8-15(12-26-23(19)20)18-9-16(24)5-7-21(18)30-2/h4-10,12-13H,11H2,1-3H3,(H,25,28). The zero-order valence-electron chi connectivity index (χ0n) is 17.3. The number of halogens is 1. The Hall–Kier alpha value is -3.58. The first kappa shape index (κ1) is 20.7. The molecule has 0 aliphatic carbocycles. The SMILES string of the molecule is COc1ccc(CNc2cnnc3cc(-c4cc(Cl)ccc4OC)cnc23)c(OC)c1. The summed E-state index contributed by atoms with van der Waals surface area (Å²) in [6.07, 6.45) is 3.43. The van der Waals surface area contributed by atoms with E-state index in [1.807, 2.05) is 36.4 Å². The molecule has 0 radical (unpaired) electrons. The number of nitrogens with one attached hydrogen (secondary N) is 1. The molecular weight excluding hydrogens is 416 g/mol. The van der Waals surface area contributed by atoms with Crippen LogP contribution in [0.5, 0.6) is 17.2 Å². The van der Waals surface area contributed by atoms with E-state index in [1.54, 1.807) is 39.8 Å². The second kappa shape index (κ2) is 9.06. The van der Waals surface area contributed by atoms with Crippen molar-refractivity contribution >= 4 is 28.3 Å². The lowest BCUT2D eigenvalue weighted by molar-refractivity contribution is 0.391. The minimum atomic E-state index is 0.527. The smallest absolute Gasteiger partial charge is 0.127 e. The topological polar surface area (TPSA) is 78.4 Å². The monoisotopic (exact) mass is 436 g/mol. The highest BCUT2D eigenvalue weighted by atomic mass is 35.5. The van der Waals surface area contributed by atoms with Gasteiger partial charge in [0.25, 0.3) is 0 Å². The Kier molecular flexibility index (Phi) is 6.04. The lowest BCUT2D eigenvalue weighted by atomic mass is 10.1. The third-order valence-corrected chi connectivity index (χ3v) is 5.15. The van der Waals surface area contributed by atoms with Crippen LogP contribution < -0.4 is 19.5 Å². The van der Waals surface area contributed by atoms with E-state index >= 15 is 0 Å². The summed E-state index contributed by atoms with van der Waals surface area (Å²) in [5, 5.41) is 12.4. The molecule has 2 aromatic heterocycles. The van der Waals surface area contributed by atoms with Gasteiger partial charge in [0, 0.05) is 40.5 Å². The summed E-state index contributed by atoms with van der Waals surface area (Å²) in [6.45, 7) is 0.527. The van der Waals surface area contributed by atoms with E-state index in [1.165, 1.54) is 0 Å². The van der Waals surface area contributed by atoms with Gasteiger partial charge in [-0.25, -0.2) is 0 Å². The summed E-state index contributed by atoms with van der Waals surface area (Å²) in [5.41, 5.74) is 4.81. The molecular formula is C23H21ClN4O3. The first-order chi connectivity index (χ1) is 15.1. The highest BCUT2D eigenvalue weighted by Gasteiger charge is 2.12. The molecule has 4 aromatic rings. The number of pyridine rings is 1. The Morgan fingerprint density at radius 1 is 0.903 bits per heavy atom. The lowest BCUT2D eigenvalue weighted by Gasteiger charge is -2.13. The van der Waals surface area contributed by atoms with E-state index in [-0.39, 0.29) is 0 Å². The van der Waals surface area contributed by atoms with Crippen molar-refractivity contribution in [2.24, 2.45) is 0 Å². The Labute approximate surface area is 185 Å². The zero-order valence-corrected chi connectivity index (χ0v) is 18.1. The van der Waals surface area contributed by atoms with Crippen LogP contribution >= 0.6 is 11.6 Å². The van der Waals surface area contributed by atoms with Gasteiger partial charge >= 0.3 is 0 Å². The van der Waals surface area contributed by atoms with Crippen molar-refractivity contribution in [3.63, 3.8) is 0 Å². The molecule has 0 aliphatic heterocycles. The largest absolute Gasteiger partial charge is 0.497 e. The van der Waals surface area contributed by atoms with Crippen LogP contribution in [0, 0.1) is 0 Å².